The van der Waals surface area contributed by atoms with Crippen molar-refractivity contribution in [3.63, 3.8) is 0 Å². The Bertz CT molecular complexity index is 545. The Balaban J connectivity index is 2.33. The Kier molecular flexibility index (Phi) is 5.82. The van der Waals surface area contributed by atoms with E-state index in [9.17, 15) is 4.39 Å². The molecule has 2 rings (SSSR count). The first kappa shape index (κ1) is 16.2. The van der Waals surface area contributed by atoms with E-state index >= 15 is 0 Å². The van der Waals surface area contributed by atoms with Crippen LogP contribution in [-0.2, 0) is 11.8 Å². The molecule has 0 nitrogen and oxygen atoms in total. The van der Waals surface area contributed by atoms with Gasteiger partial charge >= 0.3 is 0 Å². The molecule has 0 aliphatic rings. The molecular weight excluding hydrogens is 451 g/mol. The molecule has 0 atom stereocenters. The monoisotopic (exact) mass is 462 g/mol. The lowest BCUT2D eigenvalue weighted by atomic mass is 9.79. The van der Waals surface area contributed by atoms with E-state index in [1.54, 1.807) is 0 Å². The fourth-order valence-corrected chi connectivity index (χ4v) is 4.42. The van der Waals surface area contributed by atoms with Gasteiger partial charge in [-0.25, -0.2) is 4.39 Å². The summed E-state index contributed by atoms with van der Waals surface area (Å²) in [6.45, 7) is 0. The van der Waals surface area contributed by atoms with Crippen LogP contribution in [0, 0.1) is 5.82 Å². The Hall–Kier alpha value is -0.190. The molecule has 0 unspecified atom stereocenters. The third kappa shape index (κ3) is 3.71. The molecule has 0 aromatic heterocycles. The highest BCUT2D eigenvalue weighted by Crippen LogP contribution is 2.33. The van der Waals surface area contributed by atoms with Crippen LogP contribution in [0.5, 0.6) is 0 Å². The van der Waals surface area contributed by atoms with Gasteiger partial charge in [0.15, 0.2) is 0 Å². The van der Waals surface area contributed by atoms with E-state index in [2.05, 4.69) is 59.9 Å². The second kappa shape index (κ2) is 7.19. The molecule has 2 aromatic carbocycles. The SMILES string of the molecule is Fc1ccc(C(CBr)(CBr)Cc2ccc(Br)cc2)cc1. The molecule has 0 aliphatic carbocycles. The molecule has 0 spiro atoms. The van der Waals surface area contributed by atoms with Gasteiger partial charge in [0.1, 0.15) is 5.82 Å². The summed E-state index contributed by atoms with van der Waals surface area (Å²) in [5, 5.41) is 1.62. The maximum Gasteiger partial charge on any atom is 0.123 e. The number of benzene rings is 2. The number of halogens is 4. The molecule has 0 N–H and O–H groups in total. The summed E-state index contributed by atoms with van der Waals surface area (Å²) in [6.07, 6.45) is 0.891. The van der Waals surface area contributed by atoms with Crippen molar-refractivity contribution in [1.29, 1.82) is 0 Å². The van der Waals surface area contributed by atoms with Crippen LogP contribution >= 0.6 is 47.8 Å². The third-order valence-electron chi connectivity index (χ3n) is 3.42. The first-order valence-corrected chi connectivity index (χ1v) is 9.26. The van der Waals surface area contributed by atoms with Crippen molar-refractivity contribution in [3.05, 3.63) is 69.9 Å². The molecular formula is C16H14Br3F. The van der Waals surface area contributed by atoms with Crippen LogP contribution in [0.1, 0.15) is 11.1 Å². The third-order valence-corrected chi connectivity index (χ3v) is 6.10. The van der Waals surface area contributed by atoms with Crippen molar-refractivity contribution in [2.24, 2.45) is 0 Å². The number of hydrogen-bond donors (Lipinski definition) is 0. The highest BCUT2D eigenvalue weighted by molar-refractivity contribution is 9.10. The Labute approximate surface area is 144 Å². The molecule has 0 heterocycles. The van der Waals surface area contributed by atoms with Gasteiger partial charge in [-0.2, -0.15) is 0 Å². The molecule has 2 aromatic rings. The molecule has 0 saturated heterocycles. The lowest BCUT2D eigenvalue weighted by Gasteiger charge is -2.31. The lowest BCUT2D eigenvalue weighted by Crippen LogP contribution is -2.33. The number of alkyl halides is 2. The van der Waals surface area contributed by atoms with Crippen LogP contribution in [0.4, 0.5) is 4.39 Å². The number of hydrogen-bond acceptors (Lipinski definition) is 0. The predicted molar refractivity (Wildman–Crippen MR) is 93.5 cm³/mol. The minimum atomic E-state index is -0.199. The molecule has 4 heteroatoms. The van der Waals surface area contributed by atoms with Crippen molar-refractivity contribution in [2.75, 3.05) is 10.7 Å². The van der Waals surface area contributed by atoms with Crippen LogP contribution < -0.4 is 0 Å². The highest BCUT2D eigenvalue weighted by atomic mass is 79.9. The largest absolute Gasteiger partial charge is 0.207 e. The fourth-order valence-electron chi connectivity index (χ4n) is 2.18. The van der Waals surface area contributed by atoms with Crippen molar-refractivity contribution in [1.82, 2.24) is 0 Å². The van der Waals surface area contributed by atoms with Gasteiger partial charge in [0.25, 0.3) is 0 Å². The van der Waals surface area contributed by atoms with Gasteiger partial charge in [-0.15, -0.1) is 0 Å². The highest BCUT2D eigenvalue weighted by Gasteiger charge is 2.30. The van der Waals surface area contributed by atoms with Crippen molar-refractivity contribution in [3.8, 4) is 0 Å². The molecule has 106 valence electrons. The van der Waals surface area contributed by atoms with Crippen molar-refractivity contribution >= 4 is 47.8 Å². The van der Waals surface area contributed by atoms with E-state index in [4.69, 9.17) is 0 Å². The Morgan fingerprint density at radius 1 is 0.850 bits per heavy atom. The van der Waals surface area contributed by atoms with Gasteiger partial charge in [0.2, 0.25) is 0 Å². The normalized spacial score (nSPS) is 11.6. The topological polar surface area (TPSA) is 0 Å². The quantitative estimate of drug-likeness (QED) is 0.486. The Morgan fingerprint density at radius 2 is 1.40 bits per heavy atom. The van der Waals surface area contributed by atoms with E-state index in [1.807, 2.05) is 24.3 Å². The van der Waals surface area contributed by atoms with Gasteiger partial charge < -0.3 is 0 Å². The minimum Gasteiger partial charge on any atom is -0.207 e. The maximum absolute atomic E-state index is 13.1. The zero-order valence-electron chi connectivity index (χ0n) is 10.8. The van der Waals surface area contributed by atoms with E-state index in [0.717, 1.165) is 27.1 Å². The lowest BCUT2D eigenvalue weighted by molar-refractivity contribution is 0.547. The fraction of sp³-hybridized carbons (Fsp3) is 0.250. The van der Waals surface area contributed by atoms with E-state index in [-0.39, 0.29) is 11.2 Å². The summed E-state index contributed by atoms with van der Waals surface area (Å²) in [7, 11) is 0. The van der Waals surface area contributed by atoms with Crippen LogP contribution in [0.25, 0.3) is 0 Å². The van der Waals surface area contributed by atoms with E-state index in [0.29, 0.717) is 0 Å². The molecule has 20 heavy (non-hydrogen) atoms. The Morgan fingerprint density at radius 3 is 1.90 bits per heavy atom. The van der Waals surface area contributed by atoms with Gasteiger partial charge in [-0.3, -0.25) is 0 Å². The van der Waals surface area contributed by atoms with Crippen LogP contribution in [-0.4, -0.2) is 10.7 Å². The average molecular weight is 465 g/mol. The molecule has 0 aliphatic heterocycles. The summed E-state index contributed by atoms with van der Waals surface area (Å²) < 4.78 is 14.2. The van der Waals surface area contributed by atoms with Gasteiger partial charge in [-0.05, 0) is 41.8 Å². The predicted octanol–water partition coefficient (Wildman–Crippen LogP) is 5.86. The van der Waals surface area contributed by atoms with E-state index in [1.165, 1.54) is 17.7 Å². The zero-order valence-corrected chi connectivity index (χ0v) is 15.5. The second-order valence-corrected chi connectivity index (χ2v) is 6.89. The average Bonchev–Trinajstić information content (AvgIpc) is 2.48. The van der Waals surface area contributed by atoms with Gasteiger partial charge in [-0.1, -0.05) is 72.1 Å². The van der Waals surface area contributed by atoms with Crippen LogP contribution in [0.2, 0.25) is 0 Å². The summed E-state index contributed by atoms with van der Waals surface area (Å²) in [4.78, 5) is 0. The molecule has 0 saturated carbocycles. The van der Waals surface area contributed by atoms with Crippen molar-refractivity contribution < 1.29 is 4.39 Å². The molecule has 0 fully saturated rings. The standard InChI is InChI=1S/C16H14Br3F/c17-10-16(11-18,13-3-7-15(20)8-4-13)9-12-1-5-14(19)6-2-12/h1-8H,9-11H2. The van der Waals surface area contributed by atoms with Gasteiger partial charge in [0, 0.05) is 20.5 Å². The summed E-state index contributed by atoms with van der Waals surface area (Å²) in [5.74, 6) is -0.199. The summed E-state index contributed by atoms with van der Waals surface area (Å²) >= 11 is 10.7. The first-order chi connectivity index (χ1) is 9.59. The van der Waals surface area contributed by atoms with Crippen molar-refractivity contribution in [2.45, 2.75) is 11.8 Å². The number of rotatable bonds is 5. The first-order valence-electron chi connectivity index (χ1n) is 6.22. The summed E-state index contributed by atoms with van der Waals surface area (Å²) in [5.41, 5.74) is 2.31. The molecule has 0 bridgehead atoms. The molecule has 0 radical (unpaired) electrons. The maximum atomic E-state index is 13.1. The van der Waals surface area contributed by atoms with E-state index < -0.39 is 0 Å². The smallest absolute Gasteiger partial charge is 0.123 e. The minimum absolute atomic E-state index is 0.0818. The zero-order chi connectivity index (χ0) is 14.6. The summed E-state index contributed by atoms with van der Waals surface area (Å²) in [6, 6.07) is 15.1. The molecule has 0 amide bonds. The van der Waals surface area contributed by atoms with Crippen LogP contribution in [0.3, 0.4) is 0 Å². The van der Waals surface area contributed by atoms with Crippen LogP contribution in [0.15, 0.2) is 53.0 Å². The van der Waals surface area contributed by atoms with Gasteiger partial charge in [0.05, 0.1) is 0 Å². The second-order valence-electron chi connectivity index (χ2n) is 4.86.